The van der Waals surface area contributed by atoms with Crippen LogP contribution >= 0.6 is 27.3 Å². The molecule has 2 rings (SSSR count). The zero-order valence-corrected chi connectivity index (χ0v) is 13.8. The Morgan fingerprint density at radius 2 is 1.96 bits per heavy atom. The molecule has 2 N–H and O–H groups in total. The topological polar surface area (TPSA) is 111 Å². The van der Waals surface area contributed by atoms with E-state index in [1.54, 1.807) is 24.3 Å². The van der Waals surface area contributed by atoms with Crippen molar-refractivity contribution in [2.75, 3.05) is 6.61 Å². The SMILES string of the molecule is O=C(COc1ccc(Br)cc1)NNC(=O)c1csc([N+](=O)[O-])c1. The van der Waals surface area contributed by atoms with Crippen LogP contribution < -0.4 is 15.6 Å². The van der Waals surface area contributed by atoms with Gasteiger partial charge in [0.25, 0.3) is 11.8 Å². The lowest BCUT2D eigenvalue weighted by Crippen LogP contribution is -2.43. The van der Waals surface area contributed by atoms with Crippen LogP contribution in [0.2, 0.25) is 0 Å². The molecule has 0 atom stereocenters. The van der Waals surface area contributed by atoms with E-state index in [4.69, 9.17) is 4.74 Å². The van der Waals surface area contributed by atoms with Crippen LogP contribution in [0.3, 0.4) is 0 Å². The lowest BCUT2D eigenvalue weighted by molar-refractivity contribution is -0.380. The van der Waals surface area contributed by atoms with Crippen molar-refractivity contribution in [2.24, 2.45) is 0 Å². The second-order valence-corrected chi connectivity index (χ2v) is 5.98. The normalized spacial score (nSPS) is 9.96. The first-order valence-electron chi connectivity index (χ1n) is 6.16. The van der Waals surface area contributed by atoms with E-state index in [1.807, 2.05) is 0 Å². The van der Waals surface area contributed by atoms with Gasteiger partial charge in [-0.05, 0) is 24.3 Å². The third-order valence-corrected chi connectivity index (χ3v) is 3.94. The number of carbonyl (C=O) groups is 2. The number of ether oxygens (including phenoxy) is 1. The molecular formula is C13H10BrN3O5S. The minimum Gasteiger partial charge on any atom is -0.484 e. The van der Waals surface area contributed by atoms with E-state index in [-0.39, 0.29) is 17.2 Å². The van der Waals surface area contributed by atoms with Crippen LogP contribution in [0.25, 0.3) is 0 Å². The smallest absolute Gasteiger partial charge is 0.324 e. The van der Waals surface area contributed by atoms with Gasteiger partial charge in [0.2, 0.25) is 0 Å². The fraction of sp³-hybridized carbons (Fsp3) is 0.0769. The van der Waals surface area contributed by atoms with E-state index in [9.17, 15) is 19.7 Å². The molecule has 1 aromatic heterocycles. The summed E-state index contributed by atoms with van der Waals surface area (Å²) in [6.45, 7) is -0.286. The van der Waals surface area contributed by atoms with Gasteiger partial charge in [-0.1, -0.05) is 27.3 Å². The Morgan fingerprint density at radius 3 is 2.57 bits per heavy atom. The highest BCUT2D eigenvalue weighted by atomic mass is 79.9. The van der Waals surface area contributed by atoms with Gasteiger partial charge >= 0.3 is 5.00 Å². The van der Waals surface area contributed by atoms with E-state index in [1.165, 1.54) is 5.38 Å². The molecule has 0 radical (unpaired) electrons. The Morgan fingerprint density at radius 1 is 1.26 bits per heavy atom. The van der Waals surface area contributed by atoms with Crippen LogP contribution in [-0.2, 0) is 4.79 Å². The number of halogens is 1. The van der Waals surface area contributed by atoms with Crippen molar-refractivity contribution in [1.29, 1.82) is 0 Å². The summed E-state index contributed by atoms with van der Waals surface area (Å²) in [5.74, 6) is -0.708. The monoisotopic (exact) mass is 399 g/mol. The second kappa shape index (κ2) is 7.70. The molecule has 23 heavy (non-hydrogen) atoms. The number of hydrogen-bond donors (Lipinski definition) is 2. The number of nitrogens with zero attached hydrogens (tertiary/aromatic N) is 1. The van der Waals surface area contributed by atoms with Gasteiger partial charge in [0.1, 0.15) is 5.75 Å². The van der Waals surface area contributed by atoms with Gasteiger partial charge in [0.15, 0.2) is 6.61 Å². The maximum atomic E-state index is 11.7. The maximum Gasteiger partial charge on any atom is 0.324 e. The standard InChI is InChI=1S/C13H10BrN3O5S/c14-9-1-3-10(4-2-9)22-6-11(18)15-16-13(19)8-5-12(17(20)21)23-7-8/h1-5,7H,6H2,(H,15,18)(H,16,19). The predicted octanol–water partition coefficient (Wildman–Crippen LogP) is 2.26. The molecule has 0 aliphatic heterocycles. The van der Waals surface area contributed by atoms with Gasteiger partial charge in [-0.2, -0.15) is 0 Å². The van der Waals surface area contributed by atoms with Gasteiger partial charge in [-0.3, -0.25) is 30.6 Å². The number of nitrogens with one attached hydrogen (secondary N) is 2. The van der Waals surface area contributed by atoms with E-state index in [0.717, 1.165) is 21.9 Å². The summed E-state index contributed by atoms with van der Waals surface area (Å²) in [5.41, 5.74) is 4.41. The fourth-order valence-electron chi connectivity index (χ4n) is 1.45. The molecule has 0 saturated heterocycles. The Kier molecular flexibility index (Phi) is 5.66. The van der Waals surface area contributed by atoms with Crippen LogP contribution in [0, 0.1) is 10.1 Å². The molecule has 0 fully saturated rings. The first-order valence-corrected chi connectivity index (χ1v) is 7.83. The van der Waals surface area contributed by atoms with Gasteiger partial charge in [-0.25, -0.2) is 0 Å². The van der Waals surface area contributed by atoms with E-state index in [0.29, 0.717) is 5.75 Å². The highest BCUT2D eigenvalue weighted by Gasteiger charge is 2.15. The number of rotatable bonds is 5. The lowest BCUT2D eigenvalue weighted by Gasteiger charge is -2.08. The molecule has 1 aromatic carbocycles. The number of hydrazine groups is 1. The number of nitro groups is 1. The molecule has 2 amide bonds. The number of thiophene rings is 1. The quantitative estimate of drug-likeness (QED) is 0.591. The molecule has 8 nitrogen and oxygen atoms in total. The van der Waals surface area contributed by atoms with Crippen molar-refractivity contribution in [3.63, 3.8) is 0 Å². The summed E-state index contributed by atoms with van der Waals surface area (Å²) in [6, 6.07) is 8.02. The summed E-state index contributed by atoms with van der Waals surface area (Å²) in [7, 11) is 0. The Bertz CT molecular complexity index is 731. The molecule has 10 heteroatoms. The lowest BCUT2D eigenvalue weighted by atomic mass is 10.3. The van der Waals surface area contributed by atoms with Crippen LogP contribution in [0.4, 0.5) is 5.00 Å². The number of hydrogen-bond acceptors (Lipinski definition) is 6. The average Bonchev–Trinajstić information content (AvgIpc) is 3.02. The summed E-state index contributed by atoms with van der Waals surface area (Å²) in [5, 5.41) is 11.7. The zero-order chi connectivity index (χ0) is 16.8. The number of amides is 2. The summed E-state index contributed by atoms with van der Waals surface area (Å²) in [6.07, 6.45) is 0. The zero-order valence-electron chi connectivity index (χ0n) is 11.4. The van der Waals surface area contributed by atoms with Crippen molar-refractivity contribution in [3.8, 4) is 5.75 Å². The third kappa shape index (κ3) is 5.04. The third-order valence-electron chi connectivity index (χ3n) is 2.53. The Hall–Kier alpha value is -2.46. The largest absolute Gasteiger partial charge is 0.484 e. The summed E-state index contributed by atoms with van der Waals surface area (Å²) < 4.78 is 6.11. The highest BCUT2D eigenvalue weighted by Crippen LogP contribution is 2.22. The van der Waals surface area contributed by atoms with Crippen LogP contribution in [0.5, 0.6) is 5.75 Å². The average molecular weight is 400 g/mol. The minimum atomic E-state index is -0.647. The molecule has 1 heterocycles. The van der Waals surface area contributed by atoms with Crippen molar-refractivity contribution >= 4 is 44.1 Å². The molecule has 0 aliphatic rings. The van der Waals surface area contributed by atoms with Crippen molar-refractivity contribution in [3.05, 3.63) is 55.9 Å². The molecular weight excluding hydrogens is 390 g/mol. The van der Waals surface area contributed by atoms with Gasteiger partial charge in [0.05, 0.1) is 10.5 Å². The maximum absolute atomic E-state index is 11.7. The van der Waals surface area contributed by atoms with Crippen molar-refractivity contribution in [2.45, 2.75) is 0 Å². The first kappa shape index (κ1) is 16.9. The highest BCUT2D eigenvalue weighted by molar-refractivity contribution is 9.10. The molecule has 0 saturated carbocycles. The molecule has 0 bridgehead atoms. The van der Waals surface area contributed by atoms with Gasteiger partial charge in [-0.15, -0.1) is 0 Å². The van der Waals surface area contributed by atoms with E-state index >= 15 is 0 Å². The number of carbonyl (C=O) groups excluding carboxylic acids is 2. The van der Waals surface area contributed by atoms with Crippen LogP contribution in [0.1, 0.15) is 10.4 Å². The first-order chi connectivity index (χ1) is 11.0. The van der Waals surface area contributed by atoms with Gasteiger partial charge < -0.3 is 4.74 Å². The van der Waals surface area contributed by atoms with Crippen molar-refractivity contribution in [1.82, 2.24) is 10.9 Å². The Balaban J connectivity index is 1.78. The predicted molar refractivity (Wildman–Crippen MR) is 86.2 cm³/mol. The fourth-order valence-corrected chi connectivity index (χ4v) is 2.42. The van der Waals surface area contributed by atoms with Crippen molar-refractivity contribution < 1.29 is 19.2 Å². The van der Waals surface area contributed by atoms with Crippen LogP contribution in [-0.4, -0.2) is 23.3 Å². The molecule has 2 aromatic rings. The van der Waals surface area contributed by atoms with Gasteiger partial charge in [0, 0.05) is 15.9 Å². The van der Waals surface area contributed by atoms with E-state index in [2.05, 4.69) is 26.8 Å². The molecule has 0 unspecified atom stereocenters. The van der Waals surface area contributed by atoms with E-state index < -0.39 is 16.7 Å². The minimum absolute atomic E-state index is 0.0934. The molecule has 0 aliphatic carbocycles. The molecule has 0 spiro atoms. The summed E-state index contributed by atoms with van der Waals surface area (Å²) in [4.78, 5) is 33.2. The Labute approximate surface area is 142 Å². The molecule has 120 valence electrons. The number of benzene rings is 1. The van der Waals surface area contributed by atoms with Crippen LogP contribution in [0.15, 0.2) is 40.2 Å². The second-order valence-electron chi connectivity index (χ2n) is 4.18. The summed E-state index contributed by atoms with van der Waals surface area (Å²) >= 11 is 4.10.